The van der Waals surface area contributed by atoms with E-state index in [0.717, 1.165) is 0 Å². The topological polar surface area (TPSA) is 37.8 Å². The van der Waals surface area contributed by atoms with E-state index in [1.54, 1.807) is 18.5 Å². The lowest BCUT2D eigenvalue weighted by molar-refractivity contribution is 0.531. The molecule has 0 unspecified atom stereocenters. The third kappa shape index (κ3) is 1.81. The Bertz CT molecular complexity index is 547. The minimum absolute atomic E-state index is 0.0810. The molecule has 1 saturated carbocycles. The number of hydrogen-bond acceptors (Lipinski definition) is 3. The average Bonchev–Trinajstić information content (AvgIpc) is 3.10. The number of benzene rings is 1. The molecule has 3 rings (SSSR count). The molecule has 3 nitrogen and oxygen atoms in total. The van der Waals surface area contributed by atoms with Crippen molar-refractivity contribution in [1.82, 2.24) is 9.97 Å². The fourth-order valence-electron chi connectivity index (χ4n) is 2.10. The second-order valence-corrected chi connectivity index (χ2v) is 4.38. The number of aromatic nitrogens is 2. The Morgan fingerprint density at radius 1 is 1.00 bits per heavy atom. The van der Waals surface area contributed by atoms with E-state index in [0.29, 0.717) is 18.8 Å². The van der Waals surface area contributed by atoms with Gasteiger partial charge >= 0.3 is 0 Å². The first kappa shape index (κ1) is 11.1. The second kappa shape index (κ2) is 4.01. The van der Waals surface area contributed by atoms with Crippen molar-refractivity contribution in [2.45, 2.75) is 18.4 Å². The van der Waals surface area contributed by atoms with Crippen molar-refractivity contribution in [1.29, 1.82) is 0 Å². The first-order chi connectivity index (χ1) is 8.71. The summed E-state index contributed by atoms with van der Waals surface area (Å²) in [6.45, 7) is 0. The van der Waals surface area contributed by atoms with Crippen LogP contribution in [-0.4, -0.2) is 9.97 Å². The molecule has 1 heterocycles. The van der Waals surface area contributed by atoms with Crippen LogP contribution in [0.25, 0.3) is 0 Å². The molecule has 1 aromatic heterocycles. The Balaban J connectivity index is 1.96. The fraction of sp³-hybridized carbons (Fsp3) is 0.231. The Labute approximate surface area is 103 Å². The molecule has 0 amide bonds. The molecule has 5 heteroatoms. The summed E-state index contributed by atoms with van der Waals surface area (Å²) in [5, 5.41) is 3.03. The summed E-state index contributed by atoms with van der Waals surface area (Å²) >= 11 is 0. The molecular weight excluding hydrogens is 236 g/mol. The van der Waals surface area contributed by atoms with Gasteiger partial charge in [-0.3, -0.25) is 0 Å². The highest BCUT2D eigenvalue weighted by Crippen LogP contribution is 2.49. The van der Waals surface area contributed by atoms with Gasteiger partial charge in [-0.2, -0.15) is 0 Å². The molecule has 1 aliphatic rings. The van der Waals surface area contributed by atoms with E-state index in [-0.39, 0.29) is 5.56 Å². The predicted molar refractivity (Wildman–Crippen MR) is 62.9 cm³/mol. The molecule has 0 atom stereocenters. The van der Waals surface area contributed by atoms with Crippen LogP contribution >= 0.6 is 0 Å². The zero-order chi connectivity index (χ0) is 12.6. The summed E-state index contributed by atoms with van der Waals surface area (Å²) in [6, 6.07) is 5.59. The zero-order valence-electron chi connectivity index (χ0n) is 9.53. The van der Waals surface area contributed by atoms with Crippen LogP contribution in [0.5, 0.6) is 0 Å². The summed E-state index contributed by atoms with van der Waals surface area (Å²) in [7, 11) is 0. The van der Waals surface area contributed by atoms with Gasteiger partial charge in [-0.1, -0.05) is 6.07 Å². The van der Waals surface area contributed by atoms with E-state index in [2.05, 4.69) is 15.3 Å². The van der Waals surface area contributed by atoms with Gasteiger partial charge in [0.25, 0.3) is 0 Å². The van der Waals surface area contributed by atoms with Gasteiger partial charge in [0, 0.05) is 18.0 Å². The van der Waals surface area contributed by atoms with Crippen molar-refractivity contribution in [2.75, 3.05) is 5.32 Å². The quantitative estimate of drug-likeness (QED) is 0.906. The summed E-state index contributed by atoms with van der Waals surface area (Å²) in [5.74, 6) is -0.676. The van der Waals surface area contributed by atoms with E-state index >= 15 is 0 Å². The van der Waals surface area contributed by atoms with Gasteiger partial charge in [0.1, 0.15) is 11.6 Å². The Kier molecular flexibility index (Phi) is 2.47. The molecule has 0 spiro atoms. The largest absolute Gasteiger partial charge is 0.344 e. The van der Waals surface area contributed by atoms with Crippen LogP contribution in [0.4, 0.5) is 14.7 Å². The number of halogens is 2. The molecular formula is C13H11F2N3. The SMILES string of the molecule is Fc1cccc(F)c1C1(Nc2ncccn2)CC1. The molecule has 1 N–H and O–H groups in total. The molecule has 0 radical (unpaired) electrons. The summed E-state index contributed by atoms with van der Waals surface area (Å²) in [4.78, 5) is 8.04. The lowest BCUT2D eigenvalue weighted by atomic mass is 10.0. The van der Waals surface area contributed by atoms with Crippen LogP contribution in [0, 0.1) is 11.6 Å². The number of anilines is 1. The minimum Gasteiger partial charge on any atom is -0.344 e. The van der Waals surface area contributed by atoms with E-state index < -0.39 is 17.2 Å². The third-order valence-corrected chi connectivity index (χ3v) is 3.11. The third-order valence-electron chi connectivity index (χ3n) is 3.11. The highest BCUT2D eigenvalue weighted by molar-refractivity contribution is 5.43. The van der Waals surface area contributed by atoms with E-state index in [1.807, 2.05) is 0 Å². The first-order valence-electron chi connectivity index (χ1n) is 5.71. The van der Waals surface area contributed by atoms with E-state index in [1.165, 1.54) is 18.2 Å². The predicted octanol–water partition coefficient (Wildman–Crippen LogP) is 2.86. The molecule has 1 aliphatic carbocycles. The van der Waals surface area contributed by atoms with Crippen LogP contribution in [0.3, 0.4) is 0 Å². The zero-order valence-corrected chi connectivity index (χ0v) is 9.53. The van der Waals surface area contributed by atoms with Gasteiger partial charge in [0.2, 0.25) is 5.95 Å². The van der Waals surface area contributed by atoms with Gasteiger partial charge in [-0.15, -0.1) is 0 Å². The van der Waals surface area contributed by atoms with Crippen LogP contribution in [-0.2, 0) is 5.54 Å². The van der Waals surface area contributed by atoms with Crippen LogP contribution in [0.1, 0.15) is 18.4 Å². The van der Waals surface area contributed by atoms with Gasteiger partial charge in [0.05, 0.1) is 5.54 Å². The Morgan fingerprint density at radius 3 is 2.17 bits per heavy atom. The minimum atomic E-state index is -0.698. The number of hydrogen-bond donors (Lipinski definition) is 1. The maximum Gasteiger partial charge on any atom is 0.223 e. The van der Waals surface area contributed by atoms with Crippen molar-refractivity contribution in [3.05, 3.63) is 53.9 Å². The number of rotatable bonds is 3. The van der Waals surface area contributed by atoms with Crippen molar-refractivity contribution in [2.24, 2.45) is 0 Å². The lowest BCUT2D eigenvalue weighted by Gasteiger charge is -2.18. The molecule has 1 aromatic carbocycles. The monoisotopic (exact) mass is 247 g/mol. The maximum atomic E-state index is 13.8. The molecule has 1 fully saturated rings. The van der Waals surface area contributed by atoms with Gasteiger partial charge in [-0.05, 0) is 31.0 Å². The number of nitrogens with zero attached hydrogens (tertiary/aromatic N) is 2. The molecule has 92 valence electrons. The van der Waals surface area contributed by atoms with Crippen LogP contribution in [0.15, 0.2) is 36.7 Å². The average molecular weight is 247 g/mol. The molecule has 18 heavy (non-hydrogen) atoms. The molecule has 2 aromatic rings. The number of nitrogens with one attached hydrogen (secondary N) is 1. The van der Waals surface area contributed by atoms with Gasteiger partial charge in [0.15, 0.2) is 0 Å². The second-order valence-electron chi connectivity index (χ2n) is 4.38. The highest BCUT2D eigenvalue weighted by Gasteiger charge is 2.48. The standard InChI is InChI=1S/C13H11F2N3/c14-9-3-1-4-10(15)11(9)13(5-6-13)18-12-16-7-2-8-17-12/h1-4,7-8H,5-6H2,(H,16,17,18). The van der Waals surface area contributed by atoms with Crippen LogP contribution in [0.2, 0.25) is 0 Å². The summed E-state index contributed by atoms with van der Waals surface area (Å²) < 4.78 is 27.5. The first-order valence-corrected chi connectivity index (χ1v) is 5.71. The fourth-order valence-corrected chi connectivity index (χ4v) is 2.10. The van der Waals surface area contributed by atoms with Crippen LogP contribution < -0.4 is 5.32 Å². The summed E-state index contributed by atoms with van der Waals surface area (Å²) in [6.07, 6.45) is 4.51. The highest BCUT2D eigenvalue weighted by atomic mass is 19.1. The van der Waals surface area contributed by atoms with Crippen molar-refractivity contribution >= 4 is 5.95 Å². The van der Waals surface area contributed by atoms with Gasteiger partial charge in [-0.25, -0.2) is 18.7 Å². The molecule has 0 bridgehead atoms. The van der Waals surface area contributed by atoms with E-state index in [9.17, 15) is 8.78 Å². The summed E-state index contributed by atoms with van der Waals surface area (Å²) in [5.41, 5.74) is -0.617. The van der Waals surface area contributed by atoms with Crippen molar-refractivity contribution in [3.8, 4) is 0 Å². The van der Waals surface area contributed by atoms with Crippen molar-refractivity contribution < 1.29 is 8.78 Å². The Hall–Kier alpha value is -2.04. The maximum absolute atomic E-state index is 13.8. The molecule has 0 saturated heterocycles. The Morgan fingerprint density at radius 2 is 1.61 bits per heavy atom. The molecule has 0 aliphatic heterocycles. The van der Waals surface area contributed by atoms with Crippen molar-refractivity contribution in [3.63, 3.8) is 0 Å². The van der Waals surface area contributed by atoms with Gasteiger partial charge < -0.3 is 5.32 Å². The van der Waals surface area contributed by atoms with E-state index in [4.69, 9.17) is 0 Å². The normalized spacial score (nSPS) is 16.3. The smallest absolute Gasteiger partial charge is 0.223 e. The lowest BCUT2D eigenvalue weighted by Crippen LogP contribution is -2.23.